The summed E-state index contributed by atoms with van der Waals surface area (Å²) in [7, 11) is 3.88. The van der Waals surface area contributed by atoms with Crippen LogP contribution < -0.4 is 5.32 Å². The molecule has 1 aliphatic rings. The second kappa shape index (κ2) is 9.02. The molecule has 2 aromatic heterocycles. The number of thiazole rings is 1. The van der Waals surface area contributed by atoms with E-state index in [2.05, 4.69) is 28.3 Å². The first-order chi connectivity index (χ1) is 11.6. The Kier molecular flexibility index (Phi) is 7.30. The normalized spacial score (nSPS) is 14.0. The van der Waals surface area contributed by atoms with Gasteiger partial charge in [-0.25, -0.2) is 4.98 Å². The topological polar surface area (TPSA) is 53.7 Å². The fourth-order valence-electron chi connectivity index (χ4n) is 3.17. The predicted molar refractivity (Wildman–Crippen MR) is 114 cm³/mol. The number of halogens is 1. The average molecular weight is 474 g/mol. The number of hydrogen-bond acceptors (Lipinski definition) is 4. The minimum Gasteiger partial charge on any atom is -0.466 e. The van der Waals surface area contributed by atoms with Crippen LogP contribution in [0.15, 0.2) is 15.5 Å². The van der Waals surface area contributed by atoms with E-state index in [1.165, 1.54) is 40.4 Å². The summed E-state index contributed by atoms with van der Waals surface area (Å²) in [5.74, 6) is 2.79. The van der Waals surface area contributed by atoms with Gasteiger partial charge < -0.3 is 14.6 Å². The quantitative estimate of drug-likeness (QED) is 0.413. The molecule has 1 N–H and O–H groups in total. The molecule has 3 rings (SSSR count). The molecule has 0 atom stereocenters. The summed E-state index contributed by atoms with van der Waals surface area (Å²) in [6.07, 6.45) is 4.92. The van der Waals surface area contributed by atoms with Crippen molar-refractivity contribution in [2.75, 3.05) is 14.1 Å². The molecule has 7 heteroatoms. The van der Waals surface area contributed by atoms with Crippen molar-refractivity contribution in [2.24, 2.45) is 4.99 Å². The number of nitrogens with zero attached hydrogens (tertiary/aromatic N) is 3. The van der Waals surface area contributed by atoms with E-state index in [1.807, 2.05) is 32.2 Å². The monoisotopic (exact) mass is 474 g/mol. The van der Waals surface area contributed by atoms with E-state index >= 15 is 0 Å². The Balaban J connectivity index is 0.00000225. The van der Waals surface area contributed by atoms with Crippen LogP contribution in [0.5, 0.6) is 0 Å². The highest BCUT2D eigenvalue weighted by atomic mass is 127. The van der Waals surface area contributed by atoms with Crippen LogP contribution in [0.4, 0.5) is 0 Å². The molecule has 0 radical (unpaired) electrons. The molecule has 0 spiro atoms. The Morgan fingerprint density at radius 3 is 2.76 bits per heavy atom. The summed E-state index contributed by atoms with van der Waals surface area (Å²) < 4.78 is 5.58. The number of guanidine groups is 1. The number of aryl methyl sites for hydroxylation is 4. The molecule has 138 valence electrons. The molecular formula is C18H27IN4OS. The minimum absolute atomic E-state index is 0. The molecule has 1 aliphatic carbocycles. The van der Waals surface area contributed by atoms with Crippen molar-refractivity contribution in [1.29, 1.82) is 0 Å². The maximum Gasteiger partial charge on any atom is 0.194 e. The Morgan fingerprint density at radius 1 is 1.36 bits per heavy atom. The van der Waals surface area contributed by atoms with Gasteiger partial charge in [0.05, 0.1) is 12.2 Å². The first-order valence-corrected chi connectivity index (χ1v) is 9.33. The maximum absolute atomic E-state index is 5.58. The predicted octanol–water partition coefficient (Wildman–Crippen LogP) is 4.06. The van der Waals surface area contributed by atoms with E-state index in [9.17, 15) is 0 Å². The van der Waals surface area contributed by atoms with E-state index in [1.54, 1.807) is 0 Å². The van der Waals surface area contributed by atoms with Crippen molar-refractivity contribution in [3.05, 3.63) is 38.7 Å². The second-order valence-corrected chi connectivity index (χ2v) is 7.55. The highest BCUT2D eigenvalue weighted by molar-refractivity contribution is 14.0. The first kappa shape index (κ1) is 20.2. The molecule has 0 aromatic carbocycles. The Morgan fingerprint density at radius 2 is 2.12 bits per heavy atom. The molecule has 0 saturated heterocycles. The zero-order chi connectivity index (χ0) is 17.1. The number of fused-ring (bicyclic) bond motifs is 1. The van der Waals surface area contributed by atoms with E-state index in [-0.39, 0.29) is 24.0 Å². The highest BCUT2D eigenvalue weighted by Crippen LogP contribution is 2.27. The van der Waals surface area contributed by atoms with Gasteiger partial charge in [0.15, 0.2) is 5.96 Å². The van der Waals surface area contributed by atoms with Crippen LogP contribution in [-0.2, 0) is 25.9 Å². The van der Waals surface area contributed by atoms with Gasteiger partial charge >= 0.3 is 0 Å². The van der Waals surface area contributed by atoms with Crippen molar-refractivity contribution in [1.82, 2.24) is 15.2 Å². The third-order valence-corrected chi connectivity index (χ3v) is 5.56. The van der Waals surface area contributed by atoms with Gasteiger partial charge in [0.25, 0.3) is 0 Å². The fraction of sp³-hybridized carbons (Fsp3) is 0.556. The lowest BCUT2D eigenvalue weighted by Gasteiger charge is -2.20. The molecular weight excluding hydrogens is 447 g/mol. The maximum atomic E-state index is 5.58. The summed E-state index contributed by atoms with van der Waals surface area (Å²) in [5, 5.41) is 4.60. The lowest BCUT2D eigenvalue weighted by Crippen LogP contribution is -2.38. The van der Waals surface area contributed by atoms with Crippen LogP contribution in [0, 0.1) is 13.8 Å². The fourth-order valence-corrected chi connectivity index (χ4v) is 4.38. The van der Waals surface area contributed by atoms with Gasteiger partial charge in [0.1, 0.15) is 16.5 Å². The van der Waals surface area contributed by atoms with Crippen LogP contribution in [0.3, 0.4) is 0 Å². The number of aromatic nitrogens is 1. The summed E-state index contributed by atoms with van der Waals surface area (Å²) in [4.78, 5) is 12.8. The van der Waals surface area contributed by atoms with Gasteiger partial charge in [0.2, 0.25) is 0 Å². The molecule has 0 bridgehead atoms. The summed E-state index contributed by atoms with van der Waals surface area (Å²) in [6, 6.07) is 2.07. The molecule has 0 saturated carbocycles. The van der Waals surface area contributed by atoms with Gasteiger partial charge in [0, 0.05) is 31.1 Å². The summed E-state index contributed by atoms with van der Waals surface area (Å²) in [5.41, 5.74) is 2.49. The van der Waals surface area contributed by atoms with Crippen LogP contribution in [0.25, 0.3) is 0 Å². The molecule has 0 unspecified atom stereocenters. The zero-order valence-corrected chi connectivity index (χ0v) is 18.5. The first-order valence-electron chi connectivity index (χ1n) is 8.52. The molecule has 25 heavy (non-hydrogen) atoms. The van der Waals surface area contributed by atoms with Gasteiger partial charge in [-0.2, -0.15) is 0 Å². The summed E-state index contributed by atoms with van der Waals surface area (Å²) in [6.45, 7) is 5.48. The zero-order valence-electron chi connectivity index (χ0n) is 15.4. The second-order valence-electron chi connectivity index (χ2n) is 6.38. The minimum atomic E-state index is 0. The van der Waals surface area contributed by atoms with Crippen LogP contribution >= 0.6 is 35.3 Å². The lowest BCUT2D eigenvalue weighted by molar-refractivity contribution is 0.472. The third-order valence-electron chi connectivity index (χ3n) is 4.42. The Labute approximate surface area is 171 Å². The van der Waals surface area contributed by atoms with Crippen LogP contribution in [-0.4, -0.2) is 29.9 Å². The van der Waals surface area contributed by atoms with Gasteiger partial charge in [-0.15, -0.1) is 35.3 Å². The summed E-state index contributed by atoms with van der Waals surface area (Å²) >= 11 is 1.86. The van der Waals surface area contributed by atoms with Crippen molar-refractivity contribution in [3.63, 3.8) is 0 Å². The van der Waals surface area contributed by atoms with Crippen molar-refractivity contribution >= 4 is 41.3 Å². The van der Waals surface area contributed by atoms with Crippen molar-refractivity contribution < 1.29 is 4.42 Å². The number of rotatable bonds is 4. The molecule has 0 fully saturated rings. The van der Waals surface area contributed by atoms with Crippen molar-refractivity contribution in [2.45, 2.75) is 52.6 Å². The van der Waals surface area contributed by atoms with E-state index < -0.39 is 0 Å². The van der Waals surface area contributed by atoms with E-state index in [0.29, 0.717) is 6.54 Å². The smallest absolute Gasteiger partial charge is 0.194 e. The van der Waals surface area contributed by atoms with E-state index in [0.717, 1.165) is 30.4 Å². The van der Waals surface area contributed by atoms with Crippen LogP contribution in [0.1, 0.15) is 45.5 Å². The standard InChI is InChI=1S/C18H26N4OS.HI/c1-12-9-14(13(2)23-12)10-20-18(19-3)22(4)11-17-21-15-7-5-6-8-16(15)24-17;/h9H,5-8,10-11H2,1-4H3,(H,19,20);1H. The average Bonchev–Trinajstić information content (AvgIpc) is 3.09. The number of furan rings is 1. The molecule has 5 nitrogen and oxygen atoms in total. The molecule has 0 aliphatic heterocycles. The van der Waals surface area contributed by atoms with Gasteiger partial charge in [-0.1, -0.05) is 0 Å². The number of nitrogens with one attached hydrogen (secondary N) is 1. The molecule has 2 heterocycles. The number of aliphatic imine (C=N–C) groups is 1. The molecule has 0 amide bonds. The third kappa shape index (κ3) is 4.97. The van der Waals surface area contributed by atoms with E-state index in [4.69, 9.17) is 9.40 Å². The Bertz CT molecular complexity index is 714. The lowest BCUT2D eigenvalue weighted by atomic mass is 10.0. The van der Waals surface area contributed by atoms with Gasteiger partial charge in [-0.3, -0.25) is 4.99 Å². The van der Waals surface area contributed by atoms with Crippen molar-refractivity contribution in [3.8, 4) is 0 Å². The largest absolute Gasteiger partial charge is 0.466 e. The SMILES string of the molecule is CN=C(NCc1cc(C)oc1C)N(C)Cc1nc2c(s1)CCCC2.I. The van der Waals surface area contributed by atoms with Gasteiger partial charge in [-0.05, 0) is 45.6 Å². The Hall–Kier alpha value is -1.09. The number of hydrogen-bond donors (Lipinski definition) is 1. The molecule has 2 aromatic rings. The highest BCUT2D eigenvalue weighted by Gasteiger charge is 2.17. The van der Waals surface area contributed by atoms with Crippen LogP contribution in [0.2, 0.25) is 0 Å².